The highest BCUT2D eigenvalue weighted by Crippen LogP contribution is 2.58. The van der Waals surface area contributed by atoms with Crippen molar-refractivity contribution in [3.8, 4) is 11.6 Å². The Morgan fingerprint density at radius 1 is 0.947 bits per heavy atom. The highest BCUT2D eigenvalue weighted by Gasteiger charge is 2.56. The van der Waals surface area contributed by atoms with Crippen molar-refractivity contribution in [1.29, 1.82) is 0 Å². The second-order valence-corrected chi connectivity index (χ2v) is 9.51. The van der Waals surface area contributed by atoms with Crippen LogP contribution in [0.1, 0.15) is 54.0 Å². The van der Waals surface area contributed by atoms with E-state index in [0.29, 0.717) is 17.2 Å². The van der Waals surface area contributed by atoms with E-state index >= 15 is 0 Å². The van der Waals surface area contributed by atoms with Gasteiger partial charge in [0.05, 0.1) is 33.8 Å². The summed E-state index contributed by atoms with van der Waals surface area (Å²) in [5, 5.41) is 4.67. The van der Waals surface area contributed by atoms with Crippen molar-refractivity contribution >= 4 is 23.0 Å². The number of esters is 1. The standard InChI is InChI=1S/C30H30N4O3.CH4/c1-6-34(7-2)25-18-26-23(17-24(25)32(4)20-13-9-8-10-14-20)30(27-19(3)31-33(5)28(27)36-26)22-16-12-11-15-21(22)29(35)37-30;/h8-18H,6-7H2,1-5H3;1H4. The number of carbonyl (C=O) groups is 1. The van der Waals surface area contributed by atoms with Gasteiger partial charge in [0.1, 0.15) is 5.75 Å². The number of aryl methyl sites for hydroxylation is 2. The zero-order valence-corrected chi connectivity index (χ0v) is 21.8. The van der Waals surface area contributed by atoms with E-state index in [-0.39, 0.29) is 13.4 Å². The Morgan fingerprint density at radius 3 is 2.34 bits per heavy atom. The van der Waals surface area contributed by atoms with Gasteiger partial charge in [-0.2, -0.15) is 5.10 Å². The number of aromatic nitrogens is 2. The summed E-state index contributed by atoms with van der Waals surface area (Å²) < 4.78 is 14.7. The molecule has 196 valence electrons. The zero-order chi connectivity index (χ0) is 25.9. The van der Waals surface area contributed by atoms with Crippen LogP contribution in [0.4, 0.5) is 17.1 Å². The molecule has 7 nitrogen and oxygen atoms in total. The number of benzene rings is 3. The minimum atomic E-state index is -1.15. The van der Waals surface area contributed by atoms with Gasteiger partial charge in [-0.3, -0.25) is 0 Å². The molecule has 0 fully saturated rings. The van der Waals surface area contributed by atoms with Crippen LogP contribution in [0.2, 0.25) is 0 Å². The van der Waals surface area contributed by atoms with E-state index in [0.717, 1.165) is 52.5 Å². The number of ether oxygens (including phenoxy) is 2. The molecule has 2 aliphatic rings. The van der Waals surface area contributed by atoms with Gasteiger partial charge in [-0.15, -0.1) is 0 Å². The summed E-state index contributed by atoms with van der Waals surface area (Å²) in [7, 11) is 3.92. The molecule has 1 atom stereocenters. The number of para-hydroxylation sites is 1. The summed E-state index contributed by atoms with van der Waals surface area (Å²) in [6.45, 7) is 7.91. The predicted molar refractivity (Wildman–Crippen MR) is 151 cm³/mol. The SMILES string of the molecule is C.CCN(CC)c1cc2c(cc1N(C)c1ccccc1)C1(OC(=O)c3ccccc31)c1c(C)nn(C)c1O2. The molecule has 0 aliphatic carbocycles. The highest BCUT2D eigenvalue weighted by molar-refractivity contribution is 5.97. The van der Waals surface area contributed by atoms with E-state index in [1.165, 1.54) is 0 Å². The van der Waals surface area contributed by atoms with Crippen molar-refractivity contribution in [1.82, 2.24) is 9.78 Å². The maximum absolute atomic E-state index is 13.3. The van der Waals surface area contributed by atoms with Gasteiger partial charge in [-0.1, -0.05) is 43.8 Å². The third-order valence-electron chi connectivity index (χ3n) is 7.57. The van der Waals surface area contributed by atoms with Crippen LogP contribution < -0.4 is 14.5 Å². The monoisotopic (exact) mass is 510 g/mol. The highest BCUT2D eigenvalue weighted by atomic mass is 16.6. The number of nitrogens with zero attached hydrogens (tertiary/aromatic N) is 4. The molecule has 0 bridgehead atoms. The minimum Gasteiger partial charge on any atom is -0.440 e. The van der Waals surface area contributed by atoms with Gasteiger partial charge in [0, 0.05) is 44.5 Å². The molecule has 3 aromatic carbocycles. The van der Waals surface area contributed by atoms with Crippen LogP contribution in [0.3, 0.4) is 0 Å². The van der Waals surface area contributed by atoms with Crippen LogP contribution in [-0.4, -0.2) is 35.9 Å². The van der Waals surface area contributed by atoms with Crippen LogP contribution in [-0.2, 0) is 17.4 Å². The average molecular weight is 511 g/mol. The summed E-state index contributed by atoms with van der Waals surface area (Å²) in [6, 6.07) is 22.1. The number of rotatable bonds is 5. The summed E-state index contributed by atoms with van der Waals surface area (Å²) >= 11 is 0. The molecule has 3 heterocycles. The maximum Gasteiger partial charge on any atom is 0.340 e. The Morgan fingerprint density at radius 2 is 1.63 bits per heavy atom. The lowest BCUT2D eigenvalue weighted by Gasteiger charge is -2.38. The van der Waals surface area contributed by atoms with Gasteiger partial charge in [0.2, 0.25) is 5.88 Å². The van der Waals surface area contributed by atoms with Gasteiger partial charge in [-0.05, 0) is 45.0 Å². The van der Waals surface area contributed by atoms with Gasteiger partial charge in [0.15, 0.2) is 5.60 Å². The molecule has 1 spiro atoms. The Kier molecular flexibility index (Phi) is 6.18. The fourth-order valence-corrected chi connectivity index (χ4v) is 5.80. The predicted octanol–water partition coefficient (Wildman–Crippen LogP) is 6.55. The molecule has 1 aromatic heterocycles. The Balaban J connectivity index is 0.00000294. The molecular formula is C31H34N4O3. The first-order valence-electron chi connectivity index (χ1n) is 12.7. The second kappa shape index (κ2) is 9.24. The fourth-order valence-electron chi connectivity index (χ4n) is 5.80. The maximum atomic E-state index is 13.3. The molecular weight excluding hydrogens is 476 g/mol. The number of hydrogen-bond acceptors (Lipinski definition) is 6. The fraction of sp³-hybridized carbons (Fsp3) is 0.290. The van der Waals surface area contributed by atoms with Gasteiger partial charge >= 0.3 is 5.97 Å². The first kappa shape index (κ1) is 25.4. The molecule has 6 rings (SSSR count). The van der Waals surface area contributed by atoms with E-state index in [2.05, 4.69) is 60.1 Å². The molecule has 0 N–H and O–H groups in total. The third kappa shape index (κ3) is 3.41. The van der Waals surface area contributed by atoms with Crippen LogP contribution >= 0.6 is 0 Å². The molecule has 38 heavy (non-hydrogen) atoms. The van der Waals surface area contributed by atoms with E-state index in [4.69, 9.17) is 9.47 Å². The lowest BCUT2D eigenvalue weighted by atomic mass is 9.77. The molecule has 1 unspecified atom stereocenters. The van der Waals surface area contributed by atoms with Crippen molar-refractivity contribution < 1.29 is 14.3 Å². The van der Waals surface area contributed by atoms with E-state index < -0.39 is 5.60 Å². The molecule has 2 aliphatic heterocycles. The Labute approximate surface area is 224 Å². The van der Waals surface area contributed by atoms with Gasteiger partial charge in [-0.25, -0.2) is 9.48 Å². The third-order valence-corrected chi connectivity index (χ3v) is 7.57. The van der Waals surface area contributed by atoms with E-state index in [1.54, 1.807) is 4.68 Å². The smallest absolute Gasteiger partial charge is 0.340 e. The van der Waals surface area contributed by atoms with Crippen molar-refractivity contribution in [2.24, 2.45) is 7.05 Å². The number of hydrogen-bond donors (Lipinski definition) is 0. The summed E-state index contributed by atoms with van der Waals surface area (Å²) in [6.07, 6.45) is 0. The summed E-state index contributed by atoms with van der Waals surface area (Å²) in [4.78, 5) is 17.8. The largest absolute Gasteiger partial charge is 0.440 e. The molecule has 0 amide bonds. The number of anilines is 3. The normalized spacial score (nSPS) is 16.6. The second-order valence-electron chi connectivity index (χ2n) is 9.51. The lowest BCUT2D eigenvalue weighted by molar-refractivity contribution is 0.0221. The molecule has 7 heteroatoms. The Bertz CT molecular complexity index is 1520. The van der Waals surface area contributed by atoms with Crippen molar-refractivity contribution in [3.63, 3.8) is 0 Å². The lowest BCUT2D eigenvalue weighted by Crippen LogP contribution is -2.34. The first-order chi connectivity index (χ1) is 17.9. The topological polar surface area (TPSA) is 59.8 Å². The van der Waals surface area contributed by atoms with Crippen molar-refractivity contribution in [3.05, 3.63) is 94.7 Å². The van der Waals surface area contributed by atoms with Crippen molar-refractivity contribution in [2.45, 2.75) is 33.8 Å². The molecule has 4 aromatic rings. The van der Waals surface area contributed by atoms with Gasteiger partial charge in [0.25, 0.3) is 0 Å². The van der Waals surface area contributed by atoms with Gasteiger partial charge < -0.3 is 19.3 Å². The van der Waals surface area contributed by atoms with Crippen molar-refractivity contribution in [2.75, 3.05) is 29.9 Å². The average Bonchev–Trinajstić information content (AvgIpc) is 3.37. The first-order valence-corrected chi connectivity index (χ1v) is 12.7. The molecule has 0 saturated heterocycles. The van der Waals surface area contributed by atoms with E-state index in [9.17, 15) is 4.79 Å². The van der Waals surface area contributed by atoms with Crippen LogP contribution in [0, 0.1) is 6.92 Å². The zero-order valence-electron chi connectivity index (χ0n) is 21.8. The number of carbonyl (C=O) groups excluding carboxylic acids is 1. The summed E-state index contributed by atoms with van der Waals surface area (Å²) in [5.74, 6) is 0.903. The minimum absolute atomic E-state index is 0. The van der Waals surface area contributed by atoms with Crippen LogP contribution in [0.5, 0.6) is 11.6 Å². The molecule has 0 saturated carbocycles. The van der Waals surface area contributed by atoms with Crippen LogP contribution in [0.15, 0.2) is 66.7 Å². The summed E-state index contributed by atoms with van der Waals surface area (Å²) in [5.41, 5.74) is 5.66. The molecule has 0 radical (unpaired) electrons. The van der Waals surface area contributed by atoms with E-state index in [1.807, 2.05) is 56.4 Å². The quantitative estimate of drug-likeness (QED) is 0.284. The number of fused-ring (bicyclic) bond motifs is 6. The van der Waals surface area contributed by atoms with Crippen LogP contribution in [0.25, 0.3) is 0 Å². The Hall–Kier alpha value is -4.26.